The Labute approximate surface area is 228 Å². The number of nitrogens with one attached hydrogen (secondary N) is 3. The molecule has 39 heavy (non-hydrogen) atoms. The lowest BCUT2D eigenvalue weighted by Crippen LogP contribution is -2.54. The number of amides is 1. The molecule has 0 bridgehead atoms. The highest BCUT2D eigenvalue weighted by molar-refractivity contribution is 5.95. The summed E-state index contributed by atoms with van der Waals surface area (Å²) in [4.78, 5) is 23.5. The summed E-state index contributed by atoms with van der Waals surface area (Å²) in [7, 11) is 1.63. The maximum Gasteiger partial charge on any atom is 0.295 e. The average molecular weight is 529 g/mol. The summed E-state index contributed by atoms with van der Waals surface area (Å²) >= 11 is 0. The van der Waals surface area contributed by atoms with Crippen LogP contribution in [-0.2, 0) is 0 Å². The molecule has 1 aromatic carbocycles. The van der Waals surface area contributed by atoms with Gasteiger partial charge in [-0.05, 0) is 56.9 Å². The van der Waals surface area contributed by atoms with E-state index in [-0.39, 0.29) is 11.9 Å². The van der Waals surface area contributed by atoms with E-state index in [1.54, 1.807) is 19.3 Å². The van der Waals surface area contributed by atoms with Crippen LogP contribution in [0.4, 0.5) is 11.7 Å². The molecule has 3 atom stereocenters. The smallest absolute Gasteiger partial charge is 0.295 e. The number of hydrogen-bond acceptors (Lipinski definition) is 8. The number of aryl methyl sites for hydroxylation is 1. The Kier molecular flexibility index (Phi) is 7.19. The number of pyridine rings is 1. The van der Waals surface area contributed by atoms with Crippen molar-refractivity contribution in [2.24, 2.45) is 0 Å². The van der Waals surface area contributed by atoms with Crippen molar-refractivity contribution in [2.45, 2.75) is 63.6 Å². The SMILES string of the molecule is CNC(=O)c1cccc(-c2cnc(N[C@@H]3CCCC[C@H]3N[C@H]3CCCN(c4ccc5nc(C)nn5c4)C3)o2)c1. The number of anilines is 2. The second kappa shape index (κ2) is 11.1. The quantitative estimate of drug-likeness (QED) is 0.330. The first kappa shape index (κ1) is 25.4. The highest BCUT2D eigenvalue weighted by atomic mass is 16.4. The van der Waals surface area contributed by atoms with Crippen molar-refractivity contribution >= 4 is 23.3 Å². The summed E-state index contributed by atoms with van der Waals surface area (Å²) in [5, 5.41) is 14.7. The molecule has 6 rings (SSSR count). The molecule has 1 amide bonds. The minimum Gasteiger partial charge on any atom is -0.424 e. The lowest BCUT2D eigenvalue weighted by atomic mass is 9.89. The van der Waals surface area contributed by atoms with Crippen LogP contribution in [0.2, 0.25) is 0 Å². The second-order valence-corrected chi connectivity index (χ2v) is 10.6. The van der Waals surface area contributed by atoms with Gasteiger partial charge in [0.25, 0.3) is 11.9 Å². The van der Waals surface area contributed by atoms with Gasteiger partial charge < -0.3 is 25.3 Å². The lowest BCUT2D eigenvalue weighted by molar-refractivity contribution is 0.0963. The van der Waals surface area contributed by atoms with Crippen LogP contribution in [0.15, 0.2) is 53.2 Å². The number of hydrogen-bond donors (Lipinski definition) is 3. The molecular weight excluding hydrogens is 492 g/mol. The molecule has 204 valence electrons. The van der Waals surface area contributed by atoms with E-state index in [1.165, 1.54) is 18.5 Å². The van der Waals surface area contributed by atoms with E-state index >= 15 is 0 Å². The summed E-state index contributed by atoms with van der Waals surface area (Å²) in [5.41, 5.74) is 3.49. The summed E-state index contributed by atoms with van der Waals surface area (Å²) in [6, 6.07) is 13.1. The normalized spacial score (nSPS) is 21.7. The van der Waals surface area contributed by atoms with Crippen LogP contribution < -0.4 is 20.9 Å². The van der Waals surface area contributed by atoms with E-state index in [9.17, 15) is 4.79 Å². The Morgan fingerprint density at radius 1 is 1.08 bits per heavy atom. The monoisotopic (exact) mass is 528 g/mol. The molecule has 1 aliphatic heterocycles. The molecule has 0 unspecified atom stereocenters. The predicted octanol–water partition coefficient (Wildman–Crippen LogP) is 4.03. The number of aromatic nitrogens is 4. The van der Waals surface area contributed by atoms with Gasteiger partial charge in [0.05, 0.1) is 18.1 Å². The fourth-order valence-electron chi connectivity index (χ4n) is 5.91. The molecule has 4 heterocycles. The van der Waals surface area contributed by atoms with E-state index in [0.29, 0.717) is 29.4 Å². The van der Waals surface area contributed by atoms with Crippen molar-refractivity contribution in [3.63, 3.8) is 0 Å². The molecule has 0 radical (unpaired) electrons. The third-order valence-electron chi connectivity index (χ3n) is 7.87. The molecule has 10 nitrogen and oxygen atoms in total. The van der Waals surface area contributed by atoms with Crippen molar-refractivity contribution in [2.75, 3.05) is 30.4 Å². The Hall–Kier alpha value is -3.92. The van der Waals surface area contributed by atoms with Crippen molar-refractivity contribution < 1.29 is 9.21 Å². The van der Waals surface area contributed by atoms with Gasteiger partial charge in [0.2, 0.25) is 0 Å². The van der Waals surface area contributed by atoms with Crippen LogP contribution in [0.1, 0.15) is 54.7 Å². The Balaban J connectivity index is 1.11. The second-order valence-electron chi connectivity index (χ2n) is 10.6. The van der Waals surface area contributed by atoms with Crippen LogP contribution in [0.25, 0.3) is 17.0 Å². The van der Waals surface area contributed by atoms with Crippen molar-refractivity contribution in [1.29, 1.82) is 0 Å². The number of fused-ring (bicyclic) bond motifs is 1. The number of nitrogens with zero attached hydrogens (tertiary/aromatic N) is 5. The van der Waals surface area contributed by atoms with Crippen LogP contribution in [-0.4, -0.2) is 63.8 Å². The zero-order valence-electron chi connectivity index (χ0n) is 22.6. The number of carbonyl (C=O) groups excluding carboxylic acids is 1. The number of oxazole rings is 1. The first-order valence-corrected chi connectivity index (χ1v) is 13.9. The molecule has 2 aliphatic rings. The lowest BCUT2D eigenvalue weighted by Gasteiger charge is -2.40. The average Bonchev–Trinajstić information content (AvgIpc) is 3.59. The highest BCUT2D eigenvalue weighted by Gasteiger charge is 2.30. The minimum absolute atomic E-state index is 0.124. The molecule has 4 aromatic rings. The van der Waals surface area contributed by atoms with Crippen molar-refractivity contribution in [3.05, 3.63) is 60.2 Å². The van der Waals surface area contributed by atoms with Gasteiger partial charge in [-0.3, -0.25) is 4.79 Å². The molecule has 0 spiro atoms. The summed E-state index contributed by atoms with van der Waals surface area (Å²) < 4.78 is 7.96. The largest absolute Gasteiger partial charge is 0.424 e. The van der Waals surface area contributed by atoms with Crippen LogP contribution in [0.5, 0.6) is 0 Å². The van der Waals surface area contributed by atoms with E-state index < -0.39 is 0 Å². The molecular formula is C29H36N8O2. The van der Waals surface area contributed by atoms with Gasteiger partial charge in [-0.2, -0.15) is 5.10 Å². The molecule has 3 N–H and O–H groups in total. The summed E-state index contributed by atoms with van der Waals surface area (Å²) in [6.45, 7) is 3.93. The first-order valence-electron chi connectivity index (χ1n) is 13.9. The molecule has 1 aliphatic carbocycles. The summed E-state index contributed by atoms with van der Waals surface area (Å²) in [5.74, 6) is 1.31. The van der Waals surface area contributed by atoms with Gasteiger partial charge in [0.15, 0.2) is 11.4 Å². The third kappa shape index (κ3) is 5.61. The van der Waals surface area contributed by atoms with Crippen LogP contribution in [0.3, 0.4) is 0 Å². The maximum absolute atomic E-state index is 12.0. The molecule has 2 fully saturated rings. The Morgan fingerprint density at radius 2 is 1.95 bits per heavy atom. The van der Waals surface area contributed by atoms with E-state index in [1.807, 2.05) is 35.7 Å². The van der Waals surface area contributed by atoms with Gasteiger partial charge in [-0.1, -0.05) is 25.0 Å². The van der Waals surface area contributed by atoms with Crippen LogP contribution >= 0.6 is 0 Å². The van der Waals surface area contributed by atoms with E-state index in [0.717, 1.165) is 55.8 Å². The number of rotatable bonds is 7. The van der Waals surface area contributed by atoms with Gasteiger partial charge in [0.1, 0.15) is 5.82 Å². The third-order valence-corrected chi connectivity index (χ3v) is 7.87. The maximum atomic E-state index is 12.0. The molecule has 1 saturated heterocycles. The summed E-state index contributed by atoms with van der Waals surface area (Å²) in [6.07, 6.45) is 10.7. The van der Waals surface area contributed by atoms with E-state index in [2.05, 4.69) is 48.2 Å². The molecule has 10 heteroatoms. The number of carbonyl (C=O) groups is 1. The zero-order valence-corrected chi connectivity index (χ0v) is 22.6. The first-order chi connectivity index (χ1) is 19.1. The number of piperidine rings is 1. The van der Waals surface area contributed by atoms with Gasteiger partial charge in [-0.15, -0.1) is 0 Å². The topological polar surface area (TPSA) is 113 Å². The fraction of sp³-hybridized carbons (Fsp3) is 0.448. The Morgan fingerprint density at radius 3 is 2.82 bits per heavy atom. The fourth-order valence-corrected chi connectivity index (χ4v) is 5.91. The zero-order chi connectivity index (χ0) is 26.8. The van der Waals surface area contributed by atoms with Crippen molar-refractivity contribution in [3.8, 4) is 11.3 Å². The highest BCUT2D eigenvalue weighted by Crippen LogP contribution is 2.28. The van der Waals surface area contributed by atoms with E-state index in [4.69, 9.17) is 4.42 Å². The predicted molar refractivity (Wildman–Crippen MR) is 151 cm³/mol. The minimum atomic E-state index is -0.124. The molecule has 3 aromatic heterocycles. The van der Waals surface area contributed by atoms with Crippen molar-refractivity contribution in [1.82, 2.24) is 30.2 Å². The Bertz CT molecular complexity index is 1450. The van der Waals surface area contributed by atoms with Gasteiger partial charge in [0, 0.05) is 49.4 Å². The van der Waals surface area contributed by atoms with Gasteiger partial charge >= 0.3 is 0 Å². The van der Waals surface area contributed by atoms with Gasteiger partial charge in [-0.25, -0.2) is 14.5 Å². The standard InChI is InChI=1S/C29H36N8O2/c1-19-32-27-13-12-23(18-37(27)35-19)36-14-6-9-22(17-36)33-24-10-3-4-11-25(24)34-29-31-16-26(39-29)20-7-5-8-21(15-20)28(38)30-2/h5,7-8,12-13,15-16,18,22,24-25,33H,3-4,6,9-11,14,17H2,1-2H3,(H,30,38)(H,31,34)/t22-,24+,25+/m0/s1. The number of benzene rings is 1. The van der Waals surface area contributed by atoms with Crippen LogP contribution in [0, 0.1) is 6.92 Å². The molecule has 1 saturated carbocycles.